The van der Waals surface area contributed by atoms with Gasteiger partial charge in [-0.25, -0.2) is 4.99 Å². The molecule has 3 aromatic rings. The summed E-state index contributed by atoms with van der Waals surface area (Å²) in [6, 6.07) is 25.3. The van der Waals surface area contributed by atoms with Crippen molar-refractivity contribution in [2.24, 2.45) is 4.99 Å². The number of benzene rings is 3. The van der Waals surface area contributed by atoms with Crippen LogP contribution in [0.5, 0.6) is 0 Å². The molecule has 0 bridgehead atoms. The van der Waals surface area contributed by atoms with Crippen molar-refractivity contribution in [3.05, 3.63) is 87.5 Å². The molecule has 0 spiro atoms. The monoisotopic (exact) mass is 381 g/mol. The summed E-state index contributed by atoms with van der Waals surface area (Å²) >= 11 is 2.31. The summed E-state index contributed by atoms with van der Waals surface area (Å²) in [5.41, 5.74) is 7.06. The molecule has 0 radical (unpaired) electrons. The zero-order chi connectivity index (χ0) is 14.2. The average molecular weight is 381 g/mol. The first-order valence-corrected chi connectivity index (χ1v) is 7.94. The molecule has 0 atom stereocenters. The lowest BCUT2D eigenvalue weighted by atomic mass is 10.1. The van der Waals surface area contributed by atoms with Crippen molar-refractivity contribution in [3.8, 4) is 11.1 Å². The van der Waals surface area contributed by atoms with Gasteiger partial charge in [0.15, 0.2) is 0 Å². The van der Waals surface area contributed by atoms with E-state index in [0.29, 0.717) is 0 Å². The largest absolute Gasteiger partial charge is 0.248 e. The van der Waals surface area contributed by atoms with E-state index in [-0.39, 0.29) is 0 Å². The van der Waals surface area contributed by atoms with E-state index in [2.05, 4.69) is 95.4 Å². The molecule has 0 fully saturated rings. The van der Waals surface area contributed by atoms with Crippen molar-refractivity contribution < 1.29 is 0 Å². The second-order valence-corrected chi connectivity index (χ2v) is 6.27. The van der Waals surface area contributed by atoms with Gasteiger partial charge in [-0.2, -0.15) is 0 Å². The Labute approximate surface area is 137 Å². The fraction of sp³-hybridized carbons (Fsp3) is 0. The minimum Gasteiger partial charge on any atom is -0.248 e. The van der Waals surface area contributed by atoms with E-state index < -0.39 is 0 Å². The van der Waals surface area contributed by atoms with Crippen LogP contribution in [0.15, 0.2) is 77.8 Å². The highest BCUT2D eigenvalue weighted by Gasteiger charge is 2.23. The molecule has 1 aliphatic carbocycles. The fourth-order valence-electron chi connectivity index (χ4n) is 2.76. The maximum Gasteiger partial charge on any atom is 0.0794 e. The van der Waals surface area contributed by atoms with E-state index >= 15 is 0 Å². The van der Waals surface area contributed by atoms with Crippen molar-refractivity contribution in [3.63, 3.8) is 0 Å². The van der Waals surface area contributed by atoms with Gasteiger partial charge in [-0.3, -0.25) is 0 Å². The van der Waals surface area contributed by atoms with Crippen molar-refractivity contribution in [2.75, 3.05) is 0 Å². The van der Waals surface area contributed by atoms with E-state index in [9.17, 15) is 0 Å². The molecule has 0 saturated heterocycles. The van der Waals surface area contributed by atoms with Gasteiger partial charge >= 0.3 is 0 Å². The van der Waals surface area contributed by atoms with Crippen LogP contribution in [0.1, 0.15) is 11.1 Å². The van der Waals surface area contributed by atoms with Gasteiger partial charge < -0.3 is 0 Å². The van der Waals surface area contributed by atoms with Crippen molar-refractivity contribution >= 4 is 34.0 Å². The minimum absolute atomic E-state index is 0.997. The zero-order valence-corrected chi connectivity index (χ0v) is 13.4. The number of fused-ring (bicyclic) bond motifs is 3. The van der Waals surface area contributed by atoms with E-state index in [4.69, 9.17) is 4.99 Å². The number of hydrogen-bond acceptors (Lipinski definition) is 1. The number of rotatable bonds is 1. The molecular formula is C19H12IN. The van der Waals surface area contributed by atoms with E-state index in [1.165, 1.54) is 25.8 Å². The smallest absolute Gasteiger partial charge is 0.0794 e. The summed E-state index contributed by atoms with van der Waals surface area (Å²) in [5.74, 6) is 0. The quantitative estimate of drug-likeness (QED) is 0.390. The summed E-state index contributed by atoms with van der Waals surface area (Å²) in [7, 11) is 0. The van der Waals surface area contributed by atoms with Crippen LogP contribution in [-0.2, 0) is 0 Å². The first kappa shape index (κ1) is 12.8. The standard InChI is InChI=1S/C19H12IN/c20-13-9-11-14(12-10-13)21-19-17-7-3-1-5-15(17)16-6-2-4-8-18(16)19/h1-12H. The number of halogens is 1. The lowest BCUT2D eigenvalue weighted by molar-refractivity contribution is 1.49. The zero-order valence-electron chi connectivity index (χ0n) is 11.3. The third kappa shape index (κ3) is 2.20. The van der Waals surface area contributed by atoms with Gasteiger partial charge in [0, 0.05) is 14.7 Å². The summed E-state index contributed by atoms with van der Waals surface area (Å²) in [5, 5.41) is 0. The molecule has 0 amide bonds. The molecular weight excluding hydrogens is 369 g/mol. The molecule has 0 saturated carbocycles. The Kier molecular flexibility index (Phi) is 3.11. The second-order valence-electron chi connectivity index (χ2n) is 5.03. The van der Waals surface area contributed by atoms with Gasteiger partial charge in [-0.05, 0) is 58.0 Å². The highest BCUT2D eigenvalue weighted by Crippen LogP contribution is 2.37. The van der Waals surface area contributed by atoms with Crippen molar-refractivity contribution in [1.29, 1.82) is 0 Å². The van der Waals surface area contributed by atoms with E-state index in [0.717, 1.165) is 11.4 Å². The Morgan fingerprint density at radius 1 is 0.571 bits per heavy atom. The van der Waals surface area contributed by atoms with Gasteiger partial charge in [-0.15, -0.1) is 0 Å². The molecule has 3 aromatic carbocycles. The van der Waals surface area contributed by atoms with Crippen LogP contribution in [-0.4, -0.2) is 5.71 Å². The van der Waals surface area contributed by atoms with Crippen LogP contribution in [0, 0.1) is 3.57 Å². The van der Waals surface area contributed by atoms with Crippen LogP contribution in [0.2, 0.25) is 0 Å². The first-order valence-electron chi connectivity index (χ1n) is 6.86. The molecule has 0 aromatic heterocycles. The average Bonchev–Trinajstić information content (AvgIpc) is 2.85. The van der Waals surface area contributed by atoms with Crippen LogP contribution in [0.25, 0.3) is 11.1 Å². The van der Waals surface area contributed by atoms with E-state index in [1.54, 1.807) is 0 Å². The second kappa shape index (κ2) is 5.11. The van der Waals surface area contributed by atoms with E-state index in [1.807, 2.05) is 0 Å². The van der Waals surface area contributed by atoms with Gasteiger partial charge in [-0.1, -0.05) is 48.5 Å². The minimum atomic E-state index is 0.997. The molecule has 0 N–H and O–H groups in total. The Morgan fingerprint density at radius 2 is 1.05 bits per heavy atom. The number of aliphatic imine (C=N–C) groups is 1. The third-order valence-electron chi connectivity index (χ3n) is 3.72. The highest BCUT2D eigenvalue weighted by atomic mass is 127. The maximum atomic E-state index is 4.90. The van der Waals surface area contributed by atoms with Crippen LogP contribution in [0.3, 0.4) is 0 Å². The first-order chi connectivity index (χ1) is 10.3. The fourth-order valence-corrected chi connectivity index (χ4v) is 3.12. The summed E-state index contributed by atoms with van der Waals surface area (Å²) in [6.07, 6.45) is 0. The number of hydrogen-bond donors (Lipinski definition) is 0. The lowest BCUT2D eigenvalue weighted by Gasteiger charge is -2.02. The molecule has 100 valence electrons. The van der Waals surface area contributed by atoms with Gasteiger partial charge in [0.25, 0.3) is 0 Å². The summed E-state index contributed by atoms with van der Waals surface area (Å²) in [6.45, 7) is 0. The van der Waals surface area contributed by atoms with Crippen molar-refractivity contribution in [1.82, 2.24) is 0 Å². The maximum absolute atomic E-state index is 4.90. The Bertz CT molecular complexity index is 800. The van der Waals surface area contributed by atoms with Gasteiger partial charge in [0.2, 0.25) is 0 Å². The summed E-state index contributed by atoms with van der Waals surface area (Å²) < 4.78 is 1.23. The predicted octanol–water partition coefficient (Wildman–Crippen LogP) is 5.44. The molecule has 0 aliphatic heterocycles. The Hall–Kier alpha value is -1.94. The molecule has 1 nitrogen and oxygen atoms in total. The Balaban J connectivity index is 1.94. The Morgan fingerprint density at radius 3 is 1.57 bits per heavy atom. The molecule has 4 rings (SSSR count). The van der Waals surface area contributed by atoms with Gasteiger partial charge in [0.05, 0.1) is 11.4 Å². The highest BCUT2D eigenvalue weighted by molar-refractivity contribution is 14.1. The SMILES string of the molecule is Ic1ccc(N=C2c3ccccc3-c3ccccc32)cc1. The lowest BCUT2D eigenvalue weighted by Crippen LogP contribution is -1.97. The molecule has 1 aliphatic rings. The predicted molar refractivity (Wildman–Crippen MR) is 96.3 cm³/mol. The van der Waals surface area contributed by atoms with Crippen LogP contribution in [0.4, 0.5) is 5.69 Å². The van der Waals surface area contributed by atoms with Gasteiger partial charge in [0.1, 0.15) is 0 Å². The molecule has 0 unspecified atom stereocenters. The normalized spacial score (nSPS) is 12.0. The third-order valence-corrected chi connectivity index (χ3v) is 4.44. The molecule has 21 heavy (non-hydrogen) atoms. The summed E-state index contributed by atoms with van der Waals surface area (Å²) in [4.78, 5) is 4.90. The molecule has 0 heterocycles. The topological polar surface area (TPSA) is 12.4 Å². The van der Waals surface area contributed by atoms with Crippen LogP contribution >= 0.6 is 22.6 Å². The number of nitrogens with zero attached hydrogens (tertiary/aromatic N) is 1. The van der Waals surface area contributed by atoms with Crippen LogP contribution < -0.4 is 0 Å². The van der Waals surface area contributed by atoms with Crippen molar-refractivity contribution in [2.45, 2.75) is 0 Å². The molecule has 2 heteroatoms.